The van der Waals surface area contributed by atoms with Gasteiger partial charge in [0.1, 0.15) is 5.82 Å². The molecule has 3 rings (SSSR count). The predicted octanol–water partition coefficient (Wildman–Crippen LogP) is 5.47. The summed E-state index contributed by atoms with van der Waals surface area (Å²) < 4.78 is 24.3. The molecule has 0 aliphatic heterocycles. The summed E-state index contributed by atoms with van der Waals surface area (Å²) in [5.74, 6) is -0.204. The van der Waals surface area contributed by atoms with E-state index in [1.807, 2.05) is 0 Å². The summed E-state index contributed by atoms with van der Waals surface area (Å²) in [6, 6.07) is 12.3. The molecule has 0 saturated carbocycles. The number of nitrogens with one attached hydrogen (secondary N) is 3. The Morgan fingerprint density at radius 2 is 1.69 bits per heavy atom. The zero-order valence-electron chi connectivity index (χ0n) is 21.6. The largest absolute Gasteiger partial charge is 0.385 e. The van der Waals surface area contributed by atoms with E-state index in [1.165, 1.54) is 24.4 Å². The highest BCUT2D eigenvalue weighted by molar-refractivity contribution is 7.90. The number of anilines is 3. The molecule has 0 aliphatic carbocycles. The van der Waals surface area contributed by atoms with Crippen molar-refractivity contribution in [3.8, 4) is 0 Å². The smallest absolute Gasteiger partial charge is 0.258 e. The Morgan fingerprint density at radius 3 is 2.38 bits per heavy atom. The van der Waals surface area contributed by atoms with Gasteiger partial charge in [0.25, 0.3) is 5.91 Å². The first-order chi connectivity index (χ1) is 18.6. The average Bonchev–Trinajstić information content (AvgIpc) is 2.89. The van der Waals surface area contributed by atoms with Gasteiger partial charge in [0.2, 0.25) is 0 Å². The van der Waals surface area contributed by atoms with Gasteiger partial charge in [0.05, 0.1) is 15.5 Å². The first-order valence-corrected chi connectivity index (χ1v) is 15.2. The van der Waals surface area contributed by atoms with E-state index < -0.39 is 22.0 Å². The number of hydrogen-bond donors (Lipinski definition) is 5. The van der Waals surface area contributed by atoms with Gasteiger partial charge < -0.3 is 26.8 Å². The highest BCUT2D eigenvalue weighted by Crippen LogP contribution is 2.30. The second kappa shape index (κ2) is 14.5. The number of pyridine rings is 1. The van der Waals surface area contributed by atoms with E-state index in [1.54, 1.807) is 30.3 Å². The van der Waals surface area contributed by atoms with E-state index in [-0.39, 0.29) is 10.5 Å². The molecule has 1 aromatic heterocycles. The van der Waals surface area contributed by atoms with Crippen molar-refractivity contribution in [2.75, 3.05) is 35.3 Å². The van der Waals surface area contributed by atoms with Gasteiger partial charge in [-0.3, -0.25) is 4.79 Å². The molecule has 0 saturated heterocycles. The number of rotatable bonds is 14. The lowest BCUT2D eigenvalue weighted by molar-refractivity contribution is 0.102. The summed E-state index contributed by atoms with van der Waals surface area (Å²) in [4.78, 5) is 17.2. The molecular weight excluding hydrogens is 561 g/mol. The highest BCUT2D eigenvalue weighted by Gasteiger charge is 2.20. The topological polar surface area (TPSA) is 146 Å². The molecule has 0 radical (unpaired) electrons. The minimum Gasteiger partial charge on any atom is -0.385 e. The minimum absolute atomic E-state index is 0.130. The monoisotopic (exact) mass is 593 g/mol. The van der Waals surface area contributed by atoms with Crippen LogP contribution in [0.3, 0.4) is 0 Å². The number of sulfone groups is 1. The van der Waals surface area contributed by atoms with Gasteiger partial charge in [-0.25, -0.2) is 13.4 Å². The SMILES string of the molecule is CS(=O)(=O)c1ccc(C(O)Nc2ccc(Cl)cc2C(=O)Nc2ccc(Cl)cn2)c(NCCCCCCCN)c1. The molecule has 1 heterocycles. The third-order valence-electron chi connectivity index (χ3n) is 5.93. The number of unbranched alkanes of at least 4 members (excludes halogenated alkanes) is 4. The van der Waals surface area contributed by atoms with Crippen molar-refractivity contribution in [3.63, 3.8) is 0 Å². The van der Waals surface area contributed by atoms with E-state index in [2.05, 4.69) is 20.9 Å². The van der Waals surface area contributed by atoms with Crippen LogP contribution in [0.25, 0.3) is 0 Å². The molecule has 0 fully saturated rings. The van der Waals surface area contributed by atoms with Crippen molar-refractivity contribution < 1.29 is 18.3 Å². The molecule has 6 N–H and O–H groups in total. The summed E-state index contributed by atoms with van der Waals surface area (Å²) in [6.45, 7) is 1.28. The number of amides is 1. The number of aliphatic hydroxyl groups is 1. The van der Waals surface area contributed by atoms with Gasteiger partial charge in [-0.05, 0) is 61.9 Å². The Kier molecular flexibility index (Phi) is 11.4. The van der Waals surface area contributed by atoms with E-state index in [4.69, 9.17) is 28.9 Å². The predicted molar refractivity (Wildman–Crippen MR) is 157 cm³/mol. The average molecular weight is 595 g/mol. The van der Waals surface area contributed by atoms with Gasteiger partial charge in [0, 0.05) is 41.0 Å². The molecule has 0 bridgehead atoms. The minimum atomic E-state index is -3.46. The molecule has 3 aromatic rings. The van der Waals surface area contributed by atoms with Gasteiger partial charge in [0.15, 0.2) is 16.1 Å². The van der Waals surface area contributed by atoms with Crippen molar-refractivity contribution in [1.82, 2.24) is 4.98 Å². The number of aliphatic hydroxyl groups excluding tert-OH is 1. The van der Waals surface area contributed by atoms with Crippen molar-refractivity contribution >= 4 is 56.1 Å². The molecule has 1 unspecified atom stereocenters. The Hall–Kier alpha value is -2.89. The molecule has 0 spiro atoms. The van der Waals surface area contributed by atoms with Crippen molar-refractivity contribution in [1.29, 1.82) is 0 Å². The van der Waals surface area contributed by atoms with Crippen LogP contribution in [-0.2, 0) is 9.84 Å². The summed E-state index contributed by atoms with van der Waals surface area (Å²) in [7, 11) is -3.46. The lowest BCUT2D eigenvalue weighted by Crippen LogP contribution is -2.19. The van der Waals surface area contributed by atoms with Crippen molar-refractivity contribution in [2.45, 2.75) is 43.2 Å². The first-order valence-electron chi connectivity index (χ1n) is 12.5. The number of carbonyl (C=O) groups is 1. The zero-order valence-corrected chi connectivity index (χ0v) is 23.9. The zero-order chi connectivity index (χ0) is 28.4. The van der Waals surface area contributed by atoms with Gasteiger partial charge >= 0.3 is 0 Å². The van der Waals surface area contributed by atoms with Crippen LogP contribution in [0.5, 0.6) is 0 Å². The molecule has 1 atom stereocenters. The fraction of sp³-hybridized carbons (Fsp3) is 0.333. The quantitative estimate of drug-likeness (QED) is 0.122. The second-order valence-electron chi connectivity index (χ2n) is 9.06. The van der Waals surface area contributed by atoms with Crippen LogP contribution in [0.1, 0.15) is 54.3 Å². The third kappa shape index (κ3) is 9.36. The van der Waals surface area contributed by atoms with Crippen LogP contribution >= 0.6 is 23.2 Å². The third-order valence-corrected chi connectivity index (χ3v) is 7.50. The Morgan fingerprint density at radius 1 is 0.974 bits per heavy atom. The summed E-state index contributed by atoms with van der Waals surface area (Å²) in [5.41, 5.74) is 6.93. The number of nitrogens with zero attached hydrogens (tertiary/aromatic N) is 1. The number of nitrogens with two attached hydrogens (primary N) is 1. The standard InChI is InChI=1S/C27H33Cl2N5O4S/c1-39(37,38)20-9-10-21(24(16-20)31-14-6-4-2-3-5-13-30)26(35)33-23-11-7-18(28)15-22(23)27(36)34-25-12-8-19(29)17-32-25/h7-12,15-17,26,31,33,35H,2-6,13-14,30H2,1H3,(H,32,34,36). The fourth-order valence-electron chi connectivity index (χ4n) is 3.87. The van der Waals surface area contributed by atoms with Crippen LogP contribution < -0.4 is 21.7 Å². The van der Waals surface area contributed by atoms with Crippen LogP contribution in [0, 0.1) is 0 Å². The maximum Gasteiger partial charge on any atom is 0.258 e. The Labute approximate surface area is 239 Å². The molecule has 2 aromatic carbocycles. The van der Waals surface area contributed by atoms with Crippen molar-refractivity contribution in [2.24, 2.45) is 5.73 Å². The molecule has 39 heavy (non-hydrogen) atoms. The molecule has 12 heteroatoms. The fourth-order valence-corrected chi connectivity index (χ4v) is 4.80. The van der Waals surface area contributed by atoms with Gasteiger partial charge in [-0.2, -0.15) is 0 Å². The highest BCUT2D eigenvalue weighted by atomic mass is 35.5. The van der Waals surface area contributed by atoms with Crippen LogP contribution in [0.4, 0.5) is 17.2 Å². The van der Waals surface area contributed by atoms with E-state index in [0.717, 1.165) is 38.4 Å². The number of halogens is 2. The lowest BCUT2D eigenvalue weighted by atomic mass is 10.1. The van der Waals surface area contributed by atoms with Crippen LogP contribution in [0.2, 0.25) is 10.0 Å². The maximum atomic E-state index is 13.0. The Balaban J connectivity index is 1.80. The van der Waals surface area contributed by atoms with E-state index >= 15 is 0 Å². The van der Waals surface area contributed by atoms with Crippen LogP contribution in [-0.4, -0.2) is 43.8 Å². The Bertz CT molecular complexity index is 1370. The summed E-state index contributed by atoms with van der Waals surface area (Å²) in [6.07, 6.45) is 6.26. The van der Waals surface area contributed by atoms with Gasteiger partial charge in [-0.15, -0.1) is 0 Å². The number of benzene rings is 2. The summed E-state index contributed by atoms with van der Waals surface area (Å²) >= 11 is 12.0. The number of carbonyl (C=O) groups excluding carboxylic acids is 1. The first kappa shape index (κ1) is 30.6. The summed E-state index contributed by atoms with van der Waals surface area (Å²) in [5, 5.41) is 20.8. The van der Waals surface area contributed by atoms with E-state index in [9.17, 15) is 18.3 Å². The molecule has 9 nitrogen and oxygen atoms in total. The second-order valence-corrected chi connectivity index (χ2v) is 11.9. The molecule has 1 amide bonds. The number of aromatic nitrogens is 1. The normalized spacial score (nSPS) is 12.1. The lowest BCUT2D eigenvalue weighted by Gasteiger charge is -2.21. The molecule has 0 aliphatic rings. The number of hydrogen-bond acceptors (Lipinski definition) is 8. The maximum absolute atomic E-state index is 13.0. The van der Waals surface area contributed by atoms with Crippen LogP contribution in [0.15, 0.2) is 59.6 Å². The van der Waals surface area contributed by atoms with E-state index in [0.29, 0.717) is 45.9 Å². The van der Waals surface area contributed by atoms with Crippen molar-refractivity contribution in [3.05, 3.63) is 75.9 Å². The molecular formula is C27H33Cl2N5O4S. The van der Waals surface area contributed by atoms with Gasteiger partial charge in [-0.1, -0.05) is 48.5 Å². The molecule has 210 valence electrons.